The van der Waals surface area contributed by atoms with E-state index < -0.39 is 21.2 Å². The lowest BCUT2D eigenvalue weighted by Gasteiger charge is -2.19. The highest BCUT2D eigenvalue weighted by Crippen LogP contribution is 2.29. The summed E-state index contributed by atoms with van der Waals surface area (Å²) in [6, 6.07) is 0. The summed E-state index contributed by atoms with van der Waals surface area (Å²) in [6.07, 6.45) is 2.28. The molecule has 0 fully saturated rings. The van der Waals surface area contributed by atoms with Crippen molar-refractivity contribution in [3.05, 3.63) is 11.9 Å². The summed E-state index contributed by atoms with van der Waals surface area (Å²) < 4.78 is 29.7. The molecule has 1 heterocycles. The standard InChI is InChI=1S/C11H20N2O4S/c1-5-6-13-10(9(17-3)7-12-13)11(14)8(2)18(4,15)16/h7-8,11,14H,5-6H2,1-4H3. The topological polar surface area (TPSA) is 81.4 Å². The molecule has 0 amide bonds. The van der Waals surface area contributed by atoms with E-state index in [-0.39, 0.29) is 0 Å². The molecule has 1 N–H and O–H groups in total. The second kappa shape index (κ2) is 5.71. The van der Waals surface area contributed by atoms with Crippen LogP contribution in [-0.2, 0) is 16.4 Å². The monoisotopic (exact) mass is 276 g/mol. The molecule has 2 unspecified atom stereocenters. The van der Waals surface area contributed by atoms with Gasteiger partial charge < -0.3 is 9.84 Å². The smallest absolute Gasteiger partial charge is 0.162 e. The van der Waals surface area contributed by atoms with Gasteiger partial charge in [-0.2, -0.15) is 5.10 Å². The number of aliphatic hydroxyl groups is 1. The van der Waals surface area contributed by atoms with E-state index in [1.807, 2.05) is 6.92 Å². The first-order chi connectivity index (χ1) is 8.32. The number of sulfone groups is 1. The molecule has 0 bridgehead atoms. The number of methoxy groups -OCH3 is 1. The summed E-state index contributed by atoms with van der Waals surface area (Å²) in [5.41, 5.74) is 0.414. The number of ether oxygens (including phenoxy) is 1. The molecule has 18 heavy (non-hydrogen) atoms. The average molecular weight is 276 g/mol. The maximum atomic E-state index is 11.5. The summed E-state index contributed by atoms with van der Waals surface area (Å²) in [5.74, 6) is 0.409. The van der Waals surface area contributed by atoms with Crippen LogP contribution in [0.1, 0.15) is 32.1 Å². The molecule has 0 aromatic carbocycles. The van der Waals surface area contributed by atoms with Crippen molar-refractivity contribution in [1.82, 2.24) is 9.78 Å². The van der Waals surface area contributed by atoms with Gasteiger partial charge in [0.25, 0.3) is 0 Å². The third-order valence-electron chi connectivity index (χ3n) is 2.90. The van der Waals surface area contributed by atoms with Gasteiger partial charge in [0.2, 0.25) is 0 Å². The van der Waals surface area contributed by atoms with Crippen LogP contribution in [0.15, 0.2) is 6.20 Å². The maximum absolute atomic E-state index is 11.5. The summed E-state index contributed by atoms with van der Waals surface area (Å²) in [4.78, 5) is 0. The van der Waals surface area contributed by atoms with Crippen LogP contribution in [0.5, 0.6) is 5.75 Å². The van der Waals surface area contributed by atoms with Crippen molar-refractivity contribution in [2.24, 2.45) is 0 Å². The van der Waals surface area contributed by atoms with E-state index in [1.54, 1.807) is 4.68 Å². The Balaban J connectivity index is 3.17. The molecule has 0 saturated carbocycles. The van der Waals surface area contributed by atoms with Crippen molar-refractivity contribution in [3.8, 4) is 5.75 Å². The normalized spacial score (nSPS) is 15.4. The van der Waals surface area contributed by atoms with Gasteiger partial charge in [-0.3, -0.25) is 4.68 Å². The predicted molar refractivity (Wildman–Crippen MR) is 68.3 cm³/mol. The van der Waals surface area contributed by atoms with Crippen molar-refractivity contribution in [2.75, 3.05) is 13.4 Å². The van der Waals surface area contributed by atoms with E-state index in [0.29, 0.717) is 18.0 Å². The second-order valence-electron chi connectivity index (χ2n) is 4.30. The zero-order valence-corrected chi connectivity index (χ0v) is 11.9. The Morgan fingerprint density at radius 3 is 2.61 bits per heavy atom. The largest absolute Gasteiger partial charge is 0.493 e. The fourth-order valence-electron chi connectivity index (χ4n) is 1.68. The first kappa shape index (κ1) is 15.0. The van der Waals surface area contributed by atoms with Gasteiger partial charge in [-0.1, -0.05) is 6.92 Å². The van der Waals surface area contributed by atoms with Crippen LogP contribution >= 0.6 is 0 Å². The van der Waals surface area contributed by atoms with E-state index in [0.717, 1.165) is 12.7 Å². The Bertz CT molecular complexity index is 495. The Kier molecular flexibility index (Phi) is 4.75. The molecule has 2 atom stereocenters. The van der Waals surface area contributed by atoms with Gasteiger partial charge in [-0.05, 0) is 13.3 Å². The minimum Gasteiger partial charge on any atom is -0.493 e. The molecule has 0 spiro atoms. The van der Waals surface area contributed by atoms with E-state index in [9.17, 15) is 13.5 Å². The van der Waals surface area contributed by atoms with E-state index in [1.165, 1.54) is 20.2 Å². The van der Waals surface area contributed by atoms with Crippen LogP contribution in [0, 0.1) is 0 Å². The van der Waals surface area contributed by atoms with Gasteiger partial charge in [0.1, 0.15) is 11.8 Å². The van der Waals surface area contributed by atoms with Gasteiger partial charge in [-0.15, -0.1) is 0 Å². The highest BCUT2D eigenvalue weighted by Gasteiger charge is 2.30. The molecule has 0 radical (unpaired) electrons. The highest BCUT2D eigenvalue weighted by molar-refractivity contribution is 7.91. The third-order valence-corrected chi connectivity index (χ3v) is 4.51. The van der Waals surface area contributed by atoms with Gasteiger partial charge in [0.15, 0.2) is 15.6 Å². The summed E-state index contributed by atoms with van der Waals surface area (Å²) in [5, 5.41) is 13.4. The van der Waals surface area contributed by atoms with Crippen LogP contribution in [0.4, 0.5) is 0 Å². The number of aromatic nitrogens is 2. The van der Waals surface area contributed by atoms with Crippen LogP contribution in [0.2, 0.25) is 0 Å². The van der Waals surface area contributed by atoms with E-state index >= 15 is 0 Å². The lowest BCUT2D eigenvalue weighted by molar-refractivity contribution is 0.160. The van der Waals surface area contributed by atoms with Crippen LogP contribution in [0.25, 0.3) is 0 Å². The summed E-state index contributed by atoms with van der Waals surface area (Å²) in [7, 11) is -1.86. The molecule has 7 heteroatoms. The molecule has 1 aromatic heterocycles. The Morgan fingerprint density at radius 1 is 1.56 bits per heavy atom. The average Bonchev–Trinajstić information content (AvgIpc) is 2.69. The van der Waals surface area contributed by atoms with Crippen molar-refractivity contribution >= 4 is 9.84 Å². The number of nitrogens with zero attached hydrogens (tertiary/aromatic N) is 2. The zero-order chi connectivity index (χ0) is 13.9. The Hall–Kier alpha value is -1.08. The first-order valence-electron chi connectivity index (χ1n) is 5.79. The molecular formula is C11H20N2O4S. The third kappa shape index (κ3) is 3.02. The number of aliphatic hydroxyl groups excluding tert-OH is 1. The van der Waals surface area contributed by atoms with Gasteiger partial charge in [0, 0.05) is 12.8 Å². The molecule has 1 rings (SSSR count). The van der Waals surface area contributed by atoms with Crippen molar-refractivity contribution < 1.29 is 18.3 Å². The van der Waals surface area contributed by atoms with Crippen LogP contribution < -0.4 is 4.74 Å². The molecule has 0 aliphatic heterocycles. The second-order valence-corrected chi connectivity index (χ2v) is 6.70. The maximum Gasteiger partial charge on any atom is 0.162 e. The minimum absolute atomic E-state index is 0.409. The fourth-order valence-corrected chi connectivity index (χ4v) is 2.28. The number of hydrogen-bond acceptors (Lipinski definition) is 5. The predicted octanol–water partition coefficient (Wildman–Crippen LogP) is 0.768. The van der Waals surface area contributed by atoms with Gasteiger partial charge in [-0.25, -0.2) is 8.42 Å². The molecule has 0 aliphatic rings. The molecule has 104 valence electrons. The molecule has 6 nitrogen and oxygen atoms in total. The summed E-state index contributed by atoms with van der Waals surface area (Å²) in [6.45, 7) is 4.05. The van der Waals surface area contributed by atoms with Gasteiger partial charge >= 0.3 is 0 Å². The van der Waals surface area contributed by atoms with Gasteiger partial charge in [0.05, 0.1) is 18.6 Å². The van der Waals surface area contributed by atoms with Crippen LogP contribution in [0.3, 0.4) is 0 Å². The fraction of sp³-hybridized carbons (Fsp3) is 0.727. The van der Waals surface area contributed by atoms with E-state index in [2.05, 4.69) is 5.10 Å². The lowest BCUT2D eigenvalue weighted by Crippen LogP contribution is -2.26. The number of hydrogen-bond donors (Lipinski definition) is 1. The molecular weight excluding hydrogens is 256 g/mol. The Labute approximate surface area is 107 Å². The molecule has 1 aromatic rings. The van der Waals surface area contributed by atoms with Crippen LogP contribution in [-0.4, -0.2) is 41.9 Å². The zero-order valence-electron chi connectivity index (χ0n) is 11.1. The van der Waals surface area contributed by atoms with Crippen molar-refractivity contribution in [1.29, 1.82) is 0 Å². The first-order valence-corrected chi connectivity index (χ1v) is 7.75. The van der Waals surface area contributed by atoms with Crippen molar-refractivity contribution in [3.63, 3.8) is 0 Å². The van der Waals surface area contributed by atoms with Crippen molar-refractivity contribution in [2.45, 2.75) is 38.2 Å². The lowest BCUT2D eigenvalue weighted by atomic mass is 10.2. The number of rotatable bonds is 6. The Morgan fingerprint density at radius 2 is 2.17 bits per heavy atom. The van der Waals surface area contributed by atoms with E-state index in [4.69, 9.17) is 4.74 Å². The molecule has 0 saturated heterocycles. The quantitative estimate of drug-likeness (QED) is 0.830. The SMILES string of the molecule is CCCn1ncc(OC)c1C(O)C(C)S(C)(=O)=O. The molecule has 0 aliphatic carbocycles. The minimum atomic E-state index is -3.33. The highest BCUT2D eigenvalue weighted by atomic mass is 32.2. The number of aryl methyl sites for hydroxylation is 1. The summed E-state index contributed by atoms with van der Waals surface area (Å²) >= 11 is 0.